The predicted octanol–water partition coefficient (Wildman–Crippen LogP) is 2.32. The SMILES string of the molecule is CN=C(NCCCOc1ccccc1)NCCNC(=O)C1CCCCC1. The third-order valence-corrected chi connectivity index (χ3v) is 4.54. The van der Waals surface area contributed by atoms with Crippen LogP contribution in [0.1, 0.15) is 38.5 Å². The highest BCUT2D eigenvalue weighted by molar-refractivity contribution is 5.80. The summed E-state index contributed by atoms with van der Waals surface area (Å²) in [6, 6.07) is 9.81. The van der Waals surface area contributed by atoms with Gasteiger partial charge in [0.25, 0.3) is 0 Å². The Morgan fingerprint density at radius 1 is 1.04 bits per heavy atom. The van der Waals surface area contributed by atoms with E-state index in [0.717, 1.165) is 37.5 Å². The lowest BCUT2D eigenvalue weighted by Crippen LogP contribution is -2.43. The number of benzene rings is 1. The molecule has 1 aliphatic carbocycles. The molecule has 2 rings (SSSR count). The molecule has 1 aromatic rings. The van der Waals surface area contributed by atoms with Gasteiger partial charge in [-0.2, -0.15) is 0 Å². The maximum Gasteiger partial charge on any atom is 0.223 e. The molecule has 0 saturated heterocycles. The summed E-state index contributed by atoms with van der Waals surface area (Å²) in [7, 11) is 1.75. The minimum absolute atomic E-state index is 0.201. The number of para-hydroxylation sites is 1. The van der Waals surface area contributed by atoms with Gasteiger partial charge in [0, 0.05) is 32.6 Å². The van der Waals surface area contributed by atoms with Crippen LogP contribution in [0.5, 0.6) is 5.75 Å². The fraction of sp³-hybridized carbons (Fsp3) is 0.600. The molecule has 144 valence electrons. The smallest absolute Gasteiger partial charge is 0.223 e. The molecule has 6 nitrogen and oxygen atoms in total. The minimum atomic E-state index is 0.201. The van der Waals surface area contributed by atoms with E-state index in [2.05, 4.69) is 20.9 Å². The van der Waals surface area contributed by atoms with Crippen molar-refractivity contribution in [1.29, 1.82) is 0 Å². The van der Waals surface area contributed by atoms with Crippen molar-refractivity contribution in [3.8, 4) is 5.75 Å². The van der Waals surface area contributed by atoms with Gasteiger partial charge in [-0.25, -0.2) is 0 Å². The lowest BCUT2D eigenvalue weighted by atomic mass is 9.89. The molecule has 1 saturated carbocycles. The molecule has 0 unspecified atom stereocenters. The Morgan fingerprint density at radius 2 is 1.73 bits per heavy atom. The maximum absolute atomic E-state index is 12.1. The Bertz CT molecular complexity index is 542. The van der Waals surface area contributed by atoms with E-state index in [-0.39, 0.29) is 11.8 Å². The molecule has 1 aromatic carbocycles. The van der Waals surface area contributed by atoms with Gasteiger partial charge in [0.2, 0.25) is 5.91 Å². The fourth-order valence-electron chi connectivity index (χ4n) is 3.08. The van der Waals surface area contributed by atoms with E-state index < -0.39 is 0 Å². The average molecular weight is 361 g/mol. The first-order valence-electron chi connectivity index (χ1n) is 9.69. The van der Waals surface area contributed by atoms with Crippen LogP contribution in [0.2, 0.25) is 0 Å². The lowest BCUT2D eigenvalue weighted by molar-refractivity contribution is -0.125. The number of nitrogens with zero attached hydrogens (tertiary/aromatic N) is 1. The largest absolute Gasteiger partial charge is 0.494 e. The highest BCUT2D eigenvalue weighted by atomic mass is 16.5. The molecule has 1 aliphatic rings. The van der Waals surface area contributed by atoms with Crippen LogP contribution in [0.15, 0.2) is 35.3 Å². The highest BCUT2D eigenvalue weighted by Crippen LogP contribution is 2.23. The van der Waals surface area contributed by atoms with Crippen molar-refractivity contribution in [3.05, 3.63) is 30.3 Å². The van der Waals surface area contributed by atoms with Gasteiger partial charge in [-0.05, 0) is 31.4 Å². The van der Waals surface area contributed by atoms with Gasteiger partial charge in [0.15, 0.2) is 5.96 Å². The predicted molar refractivity (Wildman–Crippen MR) is 106 cm³/mol. The molecule has 0 spiro atoms. The number of aliphatic imine (C=N–C) groups is 1. The van der Waals surface area contributed by atoms with Gasteiger partial charge in [0.1, 0.15) is 5.75 Å². The van der Waals surface area contributed by atoms with E-state index in [0.29, 0.717) is 19.7 Å². The molecule has 1 fully saturated rings. The number of amides is 1. The summed E-state index contributed by atoms with van der Waals surface area (Å²) in [6.07, 6.45) is 6.58. The van der Waals surface area contributed by atoms with Crippen molar-refractivity contribution >= 4 is 11.9 Å². The van der Waals surface area contributed by atoms with Gasteiger partial charge >= 0.3 is 0 Å². The number of carbonyl (C=O) groups is 1. The normalized spacial score (nSPS) is 15.3. The van der Waals surface area contributed by atoms with E-state index >= 15 is 0 Å². The second-order valence-corrected chi connectivity index (χ2v) is 6.57. The topological polar surface area (TPSA) is 74.8 Å². The van der Waals surface area contributed by atoms with E-state index in [9.17, 15) is 4.79 Å². The van der Waals surface area contributed by atoms with Crippen molar-refractivity contribution in [1.82, 2.24) is 16.0 Å². The highest BCUT2D eigenvalue weighted by Gasteiger charge is 2.20. The van der Waals surface area contributed by atoms with Crippen LogP contribution in [0.4, 0.5) is 0 Å². The Kier molecular flexibility index (Phi) is 9.40. The van der Waals surface area contributed by atoms with Crippen LogP contribution < -0.4 is 20.7 Å². The summed E-state index contributed by atoms with van der Waals surface area (Å²) in [5, 5.41) is 9.50. The van der Waals surface area contributed by atoms with Crippen molar-refractivity contribution in [2.75, 3.05) is 33.3 Å². The van der Waals surface area contributed by atoms with Crippen LogP contribution in [-0.2, 0) is 4.79 Å². The summed E-state index contributed by atoms with van der Waals surface area (Å²) >= 11 is 0. The quantitative estimate of drug-likeness (QED) is 0.359. The van der Waals surface area contributed by atoms with Crippen LogP contribution in [0.25, 0.3) is 0 Å². The average Bonchev–Trinajstić information content (AvgIpc) is 2.70. The number of carbonyl (C=O) groups excluding carboxylic acids is 1. The molecule has 0 heterocycles. The van der Waals surface area contributed by atoms with Crippen LogP contribution in [-0.4, -0.2) is 45.2 Å². The van der Waals surface area contributed by atoms with E-state index in [4.69, 9.17) is 4.74 Å². The van der Waals surface area contributed by atoms with Gasteiger partial charge in [-0.15, -0.1) is 0 Å². The molecule has 0 radical (unpaired) electrons. The number of nitrogens with one attached hydrogen (secondary N) is 3. The third kappa shape index (κ3) is 7.76. The number of guanidine groups is 1. The standard InChI is InChI=1S/C20H32N4O2/c1-21-20(23-13-8-16-26-18-11-6-3-7-12-18)24-15-14-22-19(25)17-9-4-2-5-10-17/h3,6-7,11-12,17H,2,4-5,8-10,13-16H2,1H3,(H,22,25)(H2,21,23,24). The number of rotatable bonds is 9. The molecule has 6 heteroatoms. The second kappa shape index (κ2) is 12.2. The summed E-state index contributed by atoms with van der Waals surface area (Å²) in [5.74, 6) is 2.05. The van der Waals surface area contributed by atoms with Crippen LogP contribution in [0.3, 0.4) is 0 Å². The summed E-state index contributed by atoms with van der Waals surface area (Å²) in [6.45, 7) is 2.72. The zero-order chi connectivity index (χ0) is 18.5. The molecule has 0 bridgehead atoms. The Balaban J connectivity index is 1.50. The number of ether oxygens (including phenoxy) is 1. The lowest BCUT2D eigenvalue weighted by Gasteiger charge is -2.21. The van der Waals surface area contributed by atoms with Crippen LogP contribution in [0, 0.1) is 5.92 Å². The first-order chi connectivity index (χ1) is 12.8. The molecular formula is C20H32N4O2. The molecule has 0 aromatic heterocycles. The Hall–Kier alpha value is -2.24. The summed E-state index contributed by atoms with van der Waals surface area (Å²) in [5.41, 5.74) is 0. The van der Waals surface area contributed by atoms with Gasteiger partial charge in [-0.1, -0.05) is 37.5 Å². The molecule has 26 heavy (non-hydrogen) atoms. The minimum Gasteiger partial charge on any atom is -0.494 e. The van der Waals surface area contributed by atoms with Crippen molar-refractivity contribution in [2.24, 2.45) is 10.9 Å². The zero-order valence-electron chi connectivity index (χ0n) is 15.8. The van der Waals surface area contributed by atoms with Gasteiger partial charge < -0.3 is 20.7 Å². The fourth-order valence-corrected chi connectivity index (χ4v) is 3.08. The number of hydrogen-bond donors (Lipinski definition) is 3. The van der Waals surface area contributed by atoms with Crippen LogP contribution >= 0.6 is 0 Å². The Labute approximate surface area is 156 Å². The van der Waals surface area contributed by atoms with E-state index in [1.165, 1.54) is 19.3 Å². The summed E-state index contributed by atoms with van der Waals surface area (Å²) in [4.78, 5) is 16.3. The first kappa shape index (κ1) is 20.1. The number of hydrogen-bond acceptors (Lipinski definition) is 3. The molecule has 0 atom stereocenters. The monoisotopic (exact) mass is 360 g/mol. The summed E-state index contributed by atoms with van der Waals surface area (Å²) < 4.78 is 5.66. The van der Waals surface area contributed by atoms with Gasteiger partial charge in [-0.3, -0.25) is 9.79 Å². The van der Waals surface area contributed by atoms with Crippen molar-refractivity contribution < 1.29 is 9.53 Å². The van der Waals surface area contributed by atoms with E-state index in [1.807, 2.05) is 30.3 Å². The molecular weight excluding hydrogens is 328 g/mol. The second-order valence-electron chi connectivity index (χ2n) is 6.57. The molecule has 1 amide bonds. The van der Waals surface area contributed by atoms with E-state index in [1.54, 1.807) is 7.05 Å². The Morgan fingerprint density at radius 3 is 2.46 bits per heavy atom. The molecule has 0 aliphatic heterocycles. The first-order valence-corrected chi connectivity index (χ1v) is 9.69. The van der Waals surface area contributed by atoms with Crippen molar-refractivity contribution in [3.63, 3.8) is 0 Å². The molecule has 3 N–H and O–H groups in total. The van der Waals surface area contributed by atoms with Gasteiger partial charge in [0.05, 0.1) is 6.61 Å². The zero-order valence-corrected chi connectivity index (χ0v) is 15.8. The maximum atomic E-state index is 12.1. The third-order valence-electron chi connectivity index (χ3n) is 4.54. The van der Waals surface area contributed by atoms with Crippen molar-refractivity contribution in [2.45, 2.75) is 38.5 Å².